The summed E-state index contributed by atoms with van der Waals surface area (Å²) < 4.78 is 5.09. The van der Waals surface area contributed by atoms with Crippen molar-refractivity contribution in [2.45, 2.75) is 58.0 Å². The van der Waals surface area contributed by atoms with E-state index in [4.69, 9.17) is 9.84 Å². The van der Waals surface area contributed by atoms with Gasteiger partial charge in [-0.1, -0.05) is 39.0 Å². The molecule has 0 saturated heterocycles. The summed E-state index contributed by atoms with van der Waals surface area (Å²) in [6, 6.07) is 0. The second-order valence-electron chi connectivity index (χ2n) is 3.66. The molecule has 0 aliphatic heterocycles. The third-order valence-electron chi connectivity index (χ3n) is 2.37. The average molecular weight is 202 g/mol. The fourth-order valence-corrected chi connectivity index (χ4v) is 1.47. The van der Waals surface area contributed by atoms with Crippen LogP contribution < -0.4 is 0 Å². The SMILES string of the molecule is CCCCCCCC(CC(=O)O)OC. The van der Waals surface area contributed by atoms with Gasteiger partial charge in [0.25, 0.3) is 0 Å². The van der Waals surface area contributed by atoms with Gasteiger partial charge in [0.05, 0.1) is 12.5 Å². The zero-order valence-electron chi connectivity index (χ0n) is 9.29. The Labute approximate surface area is 86.5 Å². The maximum atomic E-state index is 10.4. The van der Waals surface area contributed by atoms with E-state index in [9.17, 15) is 4.79 Å². The van der Waals surface area contributed by atoms with Crippen molar-refractivity contribution in [2.75, 3.05) is 7.11 Å². The van der Waals surface area contributed by atoms with Crippen LogP contribution in [-0.4, -0.2) is 24.3 Å². The van der Waals surface area contributed by atoms with Crippen molar-refractivity contribution in [1.82, 2.24) is 0 Å². The van der Waals surface area contributed by atoms with Crippen LogP contribution in [-0.2, 0) is 9.53 Å². The Morgan fingerprint density at radius 2 is 1.93 bits per heavy atom. The summed E-state index contributed by atoms with van der Waals surface area (Å²) in [6.07, 6.45) is 6.92. The molecule has 84 valence electrons. The number of methoxy groups -OCH3 is 1. The minimum Gasteiger partial charge on any atom is -0.481 e. The third-order valence-corrected chi connectivity index (χ3v) is 2.37. The molecule has 0 aliphatic rings. The number of hydrogen-bond acceptors (Lipinski definition) is 2. The number of carbonyl (C=O) groups is 1. The van der Waals surface area contributed by atoms with Crippen LogP contribution in [0.15, 0.2) is 0 Å². The molecule has 0 aromatic heterocycles. The van der Waals surface area contributed by atoms with Crippen molar-refractivity contribution in [1.29, 1.82) is 0 Å². The topological polar surface area (TPSA) is 46.5 Å². The van der Waals surface area contributed by atoms with Crippen molar-refractivity contribution in [3.8, 4) is 0 Å². The Balaban J connectivity index is 3.38. The molecule has 0 fully saturated rings. The number of ether oxygens (including phenoxy) is 1. The highest BCUT2D eigenvalue weighted by Gasteiger charge is 2.11. The molecule has 0 aromatic rings. The normalized spacial score (nSPS) is 12.7. The lowest BCUT2D eigenvalue weighted by molar-refractivity contribution is -0.139. The second-order valence-corrected chi connectivity index (χ2v) is 3.66. The molecule has 0 saturated carbocycles. The van der Waals surface area contributed by atoms with Gasteiger partial charge in [-0.3, -0.25) is 4.79 Å². The van der Waals surface area contributed by atoms with Gasteiger partial charge >= 0.3 is 5.97 Å². The molecule has 0 heterocycles. The number of hydrogen-bond donors (Lipinski definition) is 1. The first-order valence-corrected chi connectivity index (χ1v) is 5.45. The highest BCUT2D eigenvalue weighted by atomic mass is 16.5. The third kappa shape index (κ3) is 8.05. The maximum absolute atomic E-state index is 10.4. The Kier molecular flexibility index (Phi) is 8.64. The predicted octanol–water partition coefficient (Wildman–Crippen LogP) is 2.84. The van der Waals surface area contributed by atoms with Crippen molar-refractivity contribution in [3.63, 3.8) is 0 Å². The lowest BCUT2D eigenvalue weighted by Gasteiger charge is -2.12. The van der Waals surface area contributed by atoms with Crippen molar-refractivity contribution >= 4 is 5.97 Å². The molecule has 0 spiro atoms. The molecule has 0 amide bonds. The van der Waals surface area contributed by atoms with E-state index in [0.717, 1.165) is 12.8 Å². The number of aliphatic carboxylic acids is 1. The highest BCUT2D eigenvalue weighted by Crippen LogP contribution is 2.11. The van der Waals surface area contributed by atoms with Crippen LogP contribution in [0.3, 0.4) is 0 Å². The molecule has 0 aromatic carbocycles. The highest BCUT2D eigenvalue weighted by molar-refractivity contribution is 5.67. The van der Waals surface area contributed by atoms with Crippen molar-refractivity contribution in [2.24, 2.45) is 0 Å². The van der Waals surface area contributed by atoms with Crippen LogP contribution >= 0.6 is 0 Å². The first kappa shape index (κ1) is 13.4. The first-order chi connectivity index (χ1) is 6.70. The van der Waals surface area contributed by atoms with E-state index in [0.29, 0.717) is 0 Å². The van der Waals surface area contributed by atoms with Crippen LogP contribution in [0.5, 0.6) is 0 Å². The van der Waals surface area contributed by atoms with E-state index >= 15 is 0 Å². The van der Waals surface area contributed by atoms with E-state index in [1.807, 2.05) is 0 Å². The lowest BCUT2D eigenvalue weighted by Crippen LogP contribution is -2.15. The van der Waals surface area contributed by atoms with E-state index < -0.39 is 5.97 Å². The maximum Gasteiger partial charge on any atom is 0.305 e. The smallest absolute Gasteiger partial charge is 0.305 e. The molecule has 0 radical (unpaired) electrons. The van der Waals surface area contributed by atoms with Gasteiger partial charge < -0.3 is 9.84 Å². The molecule has 0 bridgehead atoms. The van der Waals surface area contributed by atoms with Gasteiger partial charge in [-0.25, -0.2) is 0 Å². The van der Waals surface area contributed by atoms with Gasteiger partial charge in [-0.05, 0) is 6.42 Å². The van der Waals surface area contributed by atoms with Gasteiger partial charge in [0.15, 0.2) is 0 Å². The van der Waals surface area contributed by atoms with Gasteiger partial charge in [0.2, 0.25) is 0 Å². The average Bonchev–Trinajstić information content (AvgIpc) is 2.15. The summed E-state index contributed by atoms with van der Waals surface area (Å²) in [6.45, 7) is 2.18. The van der Waals surface area contributed by atoms with E-state index in [1.165, 1.54) is 25.7 Å². The molecule has 14 heavy (non-hydrogen) atoms. The standard InChI is InChI=1S/C11H22O3/c1-3-4-5-6-7-8-10(14-2)9-11(12)13/h10H,3-9H2,1-2H3,(H,12,13). The monoisotopic (exact) mass is 202 g/mol. The fourth-order valence-electron chi connectivity index (χ4n) is 1.47. The minimum atomic E-state index is -0.773. The molecule has 1 atom stereocenters. The summed E-state index contributed by atoms with van der Waals surface area (Å²) in [5.41, 5.74) is 0. The van der Waals surface area contributed by atoms with Gasteiger partial charge in [0, 0.05) is 7.11 Å². The van der Waals surface area contributed by atoms with Crippen LogP contribution in [0.4, 0.5) is 0 Å². The van der Waals surface area contributed by atoms with E-state index in [2.05, 4.69) is 6.92 Å². The van der Waals surface area contributed by atoms with Gasteiger partial charge in [-0.2, -0.15) is 0 Å². The van der Waals surface area contributed by atoms with E-state index in [-0.39, 0.29) is 12.5 Å². The summed E-state index contributed by atoms with van der Waals surface area (Å²) in [5.74, 6) is -0.773. The zero-order chi connectivity index (χ0) is 10.8. The minimum absolute atomic E-state index is 0.103. The lowest BCUT2D eigenvalue weighted by atomic mass is 10.1. The molecule has 0 aliphatic carbocycles. The number of unbranched alkanes of at least 4 members (excludes halogenated alkanes) is 4. The summed E-state index contributed by atoms with van der Waals surface area (Å²) in [7, 11) is 1.58. The van der Waals surface area contributed by atoms with Crippen LogP contribution in [0.25, 0.3) is 0 Å². The molecule has 1 N–H and O–H groups in total. The molecular formula is C11H22O3. The quantitative estimate of drug-likeness (QED) is 0.585. The number of carboxylic acids is 1. The Morgan fingerprint density at radius 3 is 2.43 bits per heavy atom. The summed E-state index contributed by atoms with van der Waals surface area (Å²) in [4.78, 5) is 10.4. The predicted molar refractivity (Wildman–Crippen MR) is 56.4 cm³/mol. The van der Waals surface area contributed by atoms with Crippen molar-refractivity contribution in [3.05, 3.63) is 0 Å². The zero-order valence-corrected chi connectivity index (χ0v) is 9.29. The first-order valence-electron chi connectivity index (χ1n) is 5.45. The van der Waals surface area contributed by atoms with Crippen LogP contribution in [0, 0.1) is 0 Å². The Bertz CT molecular complexity index is 145. The molecular weight excluding hydrogens is 180 g/mol. The largest absolute Gasteiger partial charge is 0.481 e. The second kappa shape index (κ2) is 9.00. The summed E-state index contributed by atoms with van der Waals surface area (Å²) >= 11 is 0. The Hall–Kier alpha value is -0.570. The van der Waals surface area contributed by atoms with Crippen LogP contribution in [0.2, 0.25) is 0 Å². The van der Waals surface area contributed by atoms with E-state index in [1.54, 1.807) is 7.11 Å². The number of rotatable bonds is 9. The molecule has 3 heteroatoms. The van der Waals surface area contributed by atoms with Crippen molar-refractivity contribution < 1.29 is 14.6 Å². The fraction of sp³-hybridized carbons (Fsp3) is 0.909. The molecule has 3 nitrogen and oxygen atoms in total. The number of carboxylic acid groups (broad SMARTS) is 1. The molecule has 1 unspecified atom stereocenters. The summed E-state index contributed by atoms with van der Waals surface area (Å²) in [5, 5.41) is 8.58. The van der Waals surface area contributed by atoms with Crippen LogP contribution in [0.1, 0.15) is 51.9 Å². The van der Waals surface area contributed by atoms with Gasteiger partial charge in [0.1, 0.15) is 0 Å². The Morgan fingerprint density at radius 1 is 1.29 bits per heavy atom. The van der Waals surface area contributed by atoms with Gasteiger partial charge in [-0.15, -0.1) is 0 Å². The molecule has 0 rings (SSSR count).